The molecule has 0 saturated carbocycles. The summed E-state index contributed by atoms with van der Waals surface area (Å²) in [7, 11) is 0. The maximum Gasteiger partial charge on any atom is 0.220 e. The SMILES string of the molecule is Cc1cscc1CNC(=O)CC(C)CN. The lowest BCUT2D eigenvalue weighted by atomic mass is 10.1. The maximum absolute atomic E-state index is 11.5. The van der Waals surface area contributed by atoms with Crippen LogP contribution in [-0.2, 0) is 11.3 Å². The van der Waals surface area contributed by atoms with Gasteiger partial charge in [-0.3, -0.25) is 4.79 Å². The molecule has 1 amide bonds. The molecule has 0 aromatic carbocycles. The molecule has 84 valence electrons. The molecular weight excluding hydrogens is 208 g/mol. The van der Waals surface area contributed by atoms with Crippen molar-refractivity contribution < 1.29 is 4.79 Å². The summed E-state index contributed by atoms with van der Waals surface area (Å²) in [5.74, 6) is 0.340. The number of hydrogen-bond donors (Lipinski definition) is 2. The number of carbonyl (C=O) groups excluding carboxylic acids is 1. The van der Waals surface area contributed by atoms with E-state index in [4.69, 9.17) is 5.73 Å². The molecule has 15 heavy (non-hydrogen) atoms. The van der Waals surface area contributed by atoms with Crippen LogP contribution in [0.1, 0.15) is 24.5 Å². The van der Waals surface area contributed by atoms with Crippen molar-refractivity contribution in [3.63, 3.8) is 0 Å². The van der Waals surface area contributed by atoms with Crippen LogP contribution in [0.3, 0.4) is 0 Å². The van der Waals surface area contributed by atoms with Crippen LogP contribution >= 0.6 is 11.3 Å². The third-order valence-electron chi connectivity index (χ3n) is 2.37. The van der Waals surface area contributed by atoms with Gasteiger partial charge in [0.15, 0.2) is 0 Å². The molecule has 0 aliphatic carbocycles. The molecule has 0 aliphatic heterocycles. The number of nitrogens with one attached hydrogen (secondary N) is 1. The van der Waals surface area contributed by atoms with E-state index >= 15 is 0 Å². The summed E-state index contributed by atoms with van der Waals surface area (Å²) >= 11 is 1.66. The Morgan fingerprint density at radius 2 is 2.33 bits per heavy atom. The van der Waals surface area contributed by atoms with Crippen LogP contribution in [0, 0.1) is 12.8 Å². The minimum absolute atomic E-state index is 0.0820. The van der Waals surface area contributed by atoms with E-state index in [9.17, 15) is 4.79 Å². The summed E-state index contributed by atoms with van der Waals surface area (Å²) in [4.78, 5) is 11.5. The van der Waals surface area contributed by atoms with E-state index in [-0.39, 0.29) is 11.8 Å². The minimum atomic E-state index is 0.0820. The minimum Gasteiger partial charge on any atom is -0.352 e. The Balaban J connectivity index is 2.31. The summed E-state index contributed by atoms with van der Waals surface area (Å²) in [5.41, 5.74) is 7.90. The zero-order chi connectivity index (χ0) is 11.3. The molecule has 1 atom stereocenters. The topological polar surface area (TPSA) is 55.1 Å². The Hall–Kier alpha value is -0.870. The van der Waals surface area contributed by atoms with Crippen LogP contribution in [-0.4, -0.2) is 12.5 Å². The molecule has 0 aliphatic rings. The summed E-state index contributed by atoms with van der Waals surface area (Å²) in [6.07, 6.45) is 0.514. The first kappa shape index (κ1) is 12.2. The fourth-order valence-corrected chi connectivity index (χ4v) is 2.09. The fourth-order valence-electron chi connectivity index (χ4n) is 1.23. The first-order valence-electron chi connectivity index (χ1n) is 5.12. The predicted molar refractivity (Wildman–Crippen MR) is 63.7 cm³/mol. The second-order valence-corrected chi connectivity index (χ2v) is 4.65. The lowest BCUT2D eigenvalue weighted by Crippen LogP contribution is -2.26. The summed E-state index contributed by atoms with van der Waals surface area (Å²) in [5, 5.41) is 7.06. The number of thiophene rings is 1. The van der Waals surface area contributed by atoms with Crippen LogP contribution in [0.4, 0.5) is 0 Å². The van der Waals surface area contributed by atoms with Gasteiger partial charge in [-0.1, -0.05) is 6.92 Å². The average molecular weight is 226 g/mol. The highest BCUT2D eigenvalue weighted by Gasteiger charge is 2.07. The standard InChI is InChI=1S/C11H18N2OS/c1-8(4-12)3-11(14)13-5-10-7-15-6-9(10)2/h6-8H,3-5,12H2,1-2H3,(H,13,14). The van der Waals surface area contributed by atoms with Gasteiger partial charge in [0.1, 0.15) is 0 Å². The maximum atomic E-state index is 11.5. The quantitative estimate of drug-likeness (QED) is 0.802. The second-order valence-electron chi connectivity index (χ2n) is 3.90. The monoisotopic (exact) mass is 226 g/mol. The molecule has 1 aromatic rings. The van der Waals surface area contributed by atoms with Gasteiger partial charge in [-0.05, 0) is 41.3 Å². The molecule has 0 radical (unpaired) electrons. The largest absolute Gasteiger partial charge is 0.352 e. The van der Waals surface area contributed by atoms with E-state index in [1.165, 1.54) is 11.1 Å². The van der Waals surface area contributed by atoms with Crippen LogP contribution in [0.5, 0.6) is 0 Å². The molecule has 0 spiro atoms. The lowest BCUT2D eigenvalue weighted by Gasteiger charge is -2.08. The molecule has 4 heteroatoms. The van der Waals surface area contributed by atoms with Gasteiger partial charge in [0.2, 0.25) is 5.91 Å². The Morgan fingerprint density at radius 3 is 2.87 bits per heavy atom. The van der Waals surface area contributed by atoms with Crippen molar-refractivity contribution in [2.75, 3.05) is 6.54 Å². The Bertz CT molecular complexity index is 322. The van der Waals surface area contributed by atoms with Gasteiger partial charge >= 0.3 is 0 Å². The molecule has 0 saturated heterocycles. The van der Waals surface area contributed by atoms with Crippen molar-refractivity contribution in [2.45, 2.75) is 26.8 Å². The fraction of sp³-hybridized carbons (Fsp3) is 0.545. The molecule has 3 N–H and O–H groups in total. The van der Waals surface area contributed by atoms with Gasteiger partial charge in [-0.15, -0.1) is 0 Å². The van der Waals surface area contributed by atoms with Crippen molar-refractivity contribution >= 4 is 17.2 Å². The molecule has 0 fully saturated rings. The third-order valence-corrected chi connectivity index (χ3v) is 3.28. The summed E-state index contributed by atoms with van der Waals surface area (Å²) in [6.45, 7) is 5.23. The number of aryl methyl sites for hydroxylation is 1. The van der Waals surface area contributed by atoms with Crippen LogP contribution in [0.2, 0.25) is 0 Å². The van der Waals surface area contributed by atoms with E-state index in [1.807, 2.05) is 6.92 Å². The zero-order valence-corrected chi connectivity index (χ0v) is 10.1. The Kier molecular flexibility index (Phi) is 4.78. The molecular formula is C11H18N2OS. The number of amides is 1. The van der Waals surface area contributed by atoms with Crippen molar-refractivity contribution in [3.05, 3.63) is 21.9 Å². The molecule has 3 nitrogen and oxygen atoms in total. The molecule has 1 unspecified atom stereocenters. The highest BCUT2D eigenvalue weighted by Crippen LogP contribution is 2.13. The second kappa shape index (κ2) is 5.88. The first-order valence-corrected chi connectivity index (χ1v) is 6.06. The smallest absolute Gasteiger partial charge is 0.220 e. The summed E-state index contributed by atoms with van der Waals surface area (Å²) < 4.78 is 0. The first-order chi connectivity index (χ1) is 7.13. The third kappa shape index (κ3) is 4.01. The Morgan fingerprint density at radius 1 is 1.60 bits per heavy atom. The van der Waals surface area contributed by atoms with E-state index in [0.29, 0.717) is 19.5 Å². The highest BCUT2D eigenvalue weighted by molar-refractivity contribution is 7.08. The van der Waals surface area contributed by atoms with E-state index in [1.54, 1.807) is 11.3 Å². The van der Waals surface area contributed by atoms with E-state index in [2.05, 4.69) is 23.0 Å². The lowest BCUT2D eigenvalue weighted by molar-refractivity contribution is -0.122. The van der Waals surface area contributed by atoms with Crippen molar-refractivity contribution in [1.82, 2.24) is 5.32 Å². The van der Waals surface area contributed by atoms with Crippen LogP contribution in [0.15, 0.2) is 10.8 Å². The normalized spacial score (nSPS) is 12.5. The molecule has 1 rings (SSSR count). The van der Waals surface area contributed by atoms with Crippen molar-refractivity contribution in [3.8, 4) is 0 Å². The number of nitrogens with two attached hydrogens (primary N) is 1. The van der Waals surface area contributed by atoms with Gasteiger partial charge in [-0.25, -0.2) is 0 Å². The van der Waals surface area contributed by atoms with Gasteiger partial charge in [0.05, 0.1) is 0 Å². The number of carbonyl (C=O) groups is 1. The average Bonchev–Trinajstić information content (AvgIpc) is 2.61. The van der Waals surface area contributed by atoms with Gasteiger partial charge in [0.25, 0.3) is 0 Å². The highest BCUT2D eigenvalue weighted by atomic mass is 32.1. The van der Waals surface area contributed by atoms with E-state index in [0.717, 1.165) is 0 Å². The van der Waals surface area contributed by atoms with Gasteiger partial charge < -0.3 is 11.1 Å². The van der Waals surface area contributed by atoms with Gasteiger partial charge in [-0.2, -0.15) is 11.3 Å². The van der Waals surface area contributed by atoms with Gasteiger partial charge in [0, 0.05) is 13.0 Å². The van der Waals surface area contributed by atoms with E-state index < -0.39 is 0 Å². The Labute approximate surface area is 94.7 Å². The number of rotatable bonds is 5. The molecule has 1 heterocycles. The zero-order valence-electron chi connectivity index (χ0n) is 9.25. The van der Waals surface area contributed by atoms with Crippen molar-refractivity contribution in [1.29, 1.82) is 0 Å². The van der Waals surface area contributed by atoms with Crippen LogP contribution in [0.25, 0.3) is 0 Å². The van der Waals surface area contributed by atoms with Crippen molar-refractivity contribution in [2.24, 2.45) is 11.7 Å². The molecule has 1 aromatic heterocycles. The summed E-state index contributed by atoms with van der Waals surface area (Å²) in [6, 6.07) is 0. The molecule has 0 bridgehead atoms. The predicted octanol–water partition coefficient (Wildman–Crippen LogP) is 1.66. The number of hydrogen-bond acceptors (Lipinski definition) is 3. The van der Waals surface area contributed by atoms with Crippen LogP contribution < -0.4 is 11.1 Å².